The zero-order valence-electron chi connectivity index (χ0n) is 21.0. The number of hydrogen-bond acceptors (Lipinski definition) is 3. The first-order chi connectivity index (χ1) is 15.2. The summed E-state index contributed by atoms with van der Waals surface area (Å²) in [5.74, 6) is 2.49. The van der Waals surface area contributed by atoms with E-state index in [9.17, 15) is 9.59 Å². The molecule has 3 nitrogen and oxygen atoms in total. The van der Waals surface area contributed by atoms with Gasteiger partial charge in [-0.05, 0) is 85.9 Å². The van der Waals surface area contributed by atoms with E-state index in [1.807, 2.05) is 6.92 Å². The van der Waals surface area contributed by atoms with E-state index in [4.69, 9.17) is 4.74 Å². The lowest BCUT2D eigenvalue weighted by Crippen LogP contribution is -2.45. The van der Waals surface area contributed by atoms with E-state index >= 15 is 0 Å². The van der Waals surface area contributed by atoms with E-state index in [1.54, 1.807) is 11.1 Å². The van der Waals surface area contributed by atoms with Gasteiger partial charge >= 0.3 is 5.97 Å². The van der Waals surface area contributed by atoms with Crippen LogP contribution in [0.4, 0.5) is 0 Å². The average molecular weight is 441 g/mol. The molecule has 0 N–H and O–H groups in total. The lowest BCUT2D eigenvalue weighted by molar-refractivity contribution is -0.143. The molecule has 4 rings (SSSR count). The number of hydrogen-bond donors (Lipinski definition) is 0. The Morgan fingerprint density at radius 2 is 1.84 bits per heavy atom. The summed E-state index contributed by atoms with van der Waals surface area (Å²) in [5.41, 5.74) is 4.29. The fourth-order valence-electron chi connectivity index (χ4n) is 8.16. The molecule has 0 aromatic rings. The Morgan fingerprint density at radius 1 is 1.06 bits per heavy atom. The van der Waals surface area contributed by atoms with Gasteiger partial charge in [-0.2, -0.15) is 0 Å². The molecule has 0 heterocycles. The summed E-state index contributed by atoms with van der Waals surface area (Å²) < 4.78 is 5.04. The minimum atomic E-state index is -0.306. The lowest BCUT2D eigenvalue weighted by Gasteiger charge is -2.54. The first-order valence-electron chi connectivity index (χ1n) is 13.2. The van der Waals surface area contributed by atoms with Gasteiger partial charge in [0.15, 0.2) is 0 Å². The molecule has 0 aliphatic heterocycles. The Balaban J connectivity index is 1.41. The predicted octanol–water partition coefficient (Wildman–Crippen LogP) is 7.06. The number of allylic oxidation sites excluding steroid dienone is 4. The molecular weight excluding hydrogens is 396 g/mol. The van der Waals surface area contributed by atoms with Crippen molar-refractivity contribution in [2.75, 3.05) is 6.61 Å². The van der Waals surface area contributed by atoms with E-state index in [2.05, 4.69) is 32.9 Å². The standard InChI is InChI=1S/C29H44O3/c1-19(9-14-27(31)20(2)18-32-21(3)30)24-12-13-25-23-11-10-22-8-6-7-16-28(22,4)26(23)15-17-29(24,25)5/h10-11,19-20,24-26H,6-9,12-18H2,1-5H3/t19-,20?,24-,25+,26+,28+,29-/m1/s1. The van der Waals surface area contributed by atoms with Crippen LogP contribution in [0.25, 0.3) is 0 Å². The molecule has 0 radical (unpaired) electrons. The number of fused-ring (bicyclic) bond motifs is 5. The van der Waals surface area contributed by atoms with Crippen LogP contribution in [0.3, 0.4) is 0 Å². The quantitative estimate of drug-likeness (QED) is 0.398. The van der Waals surface area contributed by atoms with E-state index in [0.717, 1.165) is 18.3 Å². The smallest absolute Gasteiger partial charge is 0.302 e. The molecule has 178 valence electrons. The topological polar surface area (TPSA) is 43.4 Å². The monoisotopic (exact) mass is 440 g/mol. The number of esters is 1. The maximum absolute atomic E-state index is 12.6. The van der Waals surface area contributed by atoms with E-state index < -0.39 is 0 Å². The third-order valence-corrected chi connectivity index (χ3v) is 10.2. The number of ketones is 1. The van der Waals surface area contributed by atoms with Crippen molar-refractivity contribution in [1.82, 2.24) is 0 Å². The molecule has 4 aliphatic carbocycles. The van der Waals surface area contributed by atoms with Crippen LogP contribution in [0.1, 0.15) is 98.8 Å². The Kier molecular flexibility index (Phi) is 6.76. The lowest BCUT2D eigenvalue weighted by atomic mass is 9.50. The largest absolute Gasteiger partial charge is 0.465 e. The molecule has 0 aromatic carbocycles. The van der Waals surface area contributed by atoms with Gasteiger partial charge in [-0.15, -0.1) is 0 Å². The van der Waals surface area contributed by atoms with E-state index in [1.165, 1.54) is 58.3 Å². The second-order valence-corrected chi connectivity index (χ2v) is 12.0. The van der Waals surface area contributed by atoms with Gasteiger partial charge in [-0.1, -0.05) is 57.4 Å². The van der Waals surface area contributed by atoms with Crippen LogP contribution in [0.15, 0.2) is 23.3 Å². The summed E-state index contributed by atoms with van der Waals surface area (Å²) in [5, 5.41) is 0. The summed E-state index contributed by atoms with van der Waals surface area (Å²) in [7, 11) is 0. The molecule has 3 saturated carbocycles. The second kappa shape index (κ2) is 9.11. The number of rotatable bonds is 7. The second-order valence-electron chi connectivity index (χ2n) is 12.0. The number of carbonyl (C=O) groups is 2. The Bertz CT molecular complexity index is 807. The van der Waals surface area contributed by atoms with Crippen molar-refractivity contribution in [1.29, 1.82) is 0 Å². The van der Waals surface area contributed by atoms with Crippen molar-refractivity contribution in [3.63, 3.8) is 0 Å². The van der Waals surface area contributed by atoms with Gasteiger partial charge in [0, 0.05) is 19.3 Å². The highest BCUT2D eigenvalue weighted by molar-refractivity contribution is 5.81. The average Bonchev–Trinajstić information content (AvgIpc) is 3.12. The van der Waals surface area contributed by atoms with Crippen LogP contribution >= 0.6 is 0 Å². The highest BCUT2D eigenvalue weighted by Crippen LogP contribution is 2.66. The van der Waals surface area contributed by atoms with Crippen LogP contribution in [0.5, 0.6) is 0 Å². The SMILES string of the molecule is CC(=O)OCC(C)C(=O)CC[C@@H](C)[C@H]1CC[C@H]2C3=CC=C4CCCC[C@]4(C)[C@H]3CC[C@]12C. The van der Waals surface area contributed by atoms with Crippen molar-refractivity contribution in [3.8, 4) is 0 Å². The van der Waals surface area contributed by atoms with Crippen LogP contribution < -0.4 is 0 Å². The predicted molar refractivity (Wildman–Crippen MR) is 129 cm³/mol. The molecule has 3 fully saturated rings. The van der Waals surface area contributed by atoms with Gasteiger partial charge in [0.05, 0.1) is 0 Å². The first kappa shape index (κ1) is 23.8. The molecular formula is C29H44O3. The van der Waals surface area contributed by atoms with Gasteiger partial charge in [-0.25, -0.2) is 0 Å². The summed E-state index contributed by atoms with van der Waals surface area (Å²) in [6.45, 7) is 11.0. The summed E-state index contributed by atoms with van der Waals surface area (Å²) in [6, 6.07) is 0. The van der Waals surface area contributed by atoms with Crippen LogP contribution in [-0.2, 0) is 14.3 Å². The molecule has 7 atom stereocenters. The Labute approximate surface area is 195 Å². The molecule has 0 amide bonds. The van der Waals surface area contributed by atoms with Crippen LogP contribution in [0, 0.1) is 40.4 Å². The van der Waals surface area contributed by atoms with Crippen molar-refractivity contribution in [3.05, 3.63) is 23.3 Å². The summed E-state index contributed by atoms with van der Waals surface area (Å²) >= 11 is 0. The van der Waals surface area contributed by atoms with Crippen molar-refractivity contribution in [2.24, 2.45) is 40.4 Å². The van der Waals surface area contributed by atoms with Gasteiger partial charge < -0.3 is 4.74 Å². The van der Waals surface area contributed by atoms with Crippen molar-refractivity contribution < 1.29 is 14.3 Å². The number of ether oxygens (including phenoxy) is 1. The van der Waals surface area contributed by atoms with E-state index in [-0.39, 0.29) is 24.3 Å². The van der Waals surface area contributed by atoms with Gasteiger partial charge in [0.2, 0.25) is 0 Å². The fourth-order valence-corrected chi connectivity index (χ4v) is 8.16. The number of carbonyl (C=O) groups excluding carboxylic acids is 2. The highest BCUT2D eigenvalue weighted by atomic mass is 16.5. The zero-order valence-corrected chi connectivity index (χ0v) is 21.0. The molecule has 32 heavy (non-hydrogen) atoms. The third kappa shape index (κ3) is 4.14. The molecule has 0 bridgehead atoms. The van der Waals surface area contributed by atoms with Crippen molar-refractivity contribution >= 4 is 11.8 Å². The van der Waals surface area contributed by atoms with Crippen LogP contribution in [0.2, 0.25) is 0 Å². The molecule has 1 unspecified atom stereocenters. The minimum Gasteiger partial charge on any atom is -0.465 e. The summed E-state index contributed by atoms with van der Waals surface area (Å²) in [4.78, 5) is 23.6. The molecule has 3 heteroatoms. The maximum Gasteiger partial charge on any atom is 0.302 e. The minimum absolute atomic E-state index is 0.196. The van der Waals surface area contributed by atoms with E-state index in [0.29, 0.717) is 29.1 Å². The Hall–Kier alpha value is -1.38. The summed E-state index contributed by atoms with van der Waals surface area (Å²) in [6.07, 6.45) is 17.4. The molecule has 0 saturated heterocycles. The maximum atomic E-state index is 12.6. The number of Topliss-reactive ketones (excluding diaryl/α,β-unsaturated/α-hetero) is 1. The first-order valence-corrected chi connectivity index (χ1v) is 13.2. The normalized spacial score (nSPS) is 37.8. The van der Waals surface area contributed by atoms with Gasteiger partial charge in [-0.3, -0.25) is 9.59 Å². The zero-order chi connectivity index (χ0) is 23.1. The Morgan fingerprint density at radius 3 is 2.59 bits per heavy atom. The van der Waals surface area contributed by atoms with Crippen molar-refractivity contribution in [2.45, 2.75) is 98.8 Å². The van der Waals surface area contributed by atoms with Crippen LogP contribution in [-0.4, -0.2) is 18.4 Å². The van der Waals surface area contributed by atoms with Gasteiger partial charge in [0.1, 0.15) is 12.4 Å². The third-order valence-electron chi connectivity index (χ3n) is 10.2. The molecule has 0 aromatic heterocycles. The highest BCUT2D eigenvalue weighted by Gasteiger charge is 2.56. The molecule has 0 spiro atoms. The van der Waals surface area contributed by atoms with Gasteiger partial charge in [0.25, 0.3) is 0 Å². The molecule has 4 aliphatic rings. The fraction of sp³-hybridized carbons (Fsp3) is 0.793.